The molecule has 0 bridgehead atoms. The Bertz CT molecular complexity index is 621. The number of halogens is 1. The molecule has 20 heavy (non-hydrogen) atoms. The third-order valence-corrected chi connectivity index (χ3v) is 3.11. The van der Waals surface area contributed by atoms with Gasteiger partial charge in [0.2, 0.25) is 0 Å². The lowest BCUT2D eigenvalue weighted by atomic mass is 9.97. The summed E-state index contributed by atoms with van der Waals surface area (Å²) in [7, 11) is 0. The molecule has 0 N–H and O–H groups in total. The van der Waals surface area contributed by atoms with Gasteiger partial charge in [0.1, 0.15) is 11.5 Å². The number of rotatable bonds is 4. The van der Waals surface area contributed by atoms with Crippen molar-refractivity contribution in [1.82, 2.24) is 9.97 Å². The minimum absolute atomic E-state index is 0.0872. The molecule has 1 aromatic heterocycles. The van der Waals surface area contributed by atoms with E-state index in [1.807, 2.05) is 20.8 Å². The molecule has 0 saturated carbocycles. The van der Waals surface area contributed by atoms with Gasteiger partial charge in [0, 0.05) is 12.6 Å². The maximum atomic E-state index is 13.6. The molecular formula is C16H17FN2O. The Balaban J connectivity index is 2.19. The van der Waals surface area contributed by atoms with E-state index < -0.39 is 0 Å². The summed E-state index contributed by atoms with van der Waals surface area (Å²) in [6.45, 7) is 5.67. The topological polar surface area (TPSA) is 42.9 Å². The van der Waals surface area contributed by atoms with Gasteiger partial charge in [-0.3, -0.25) is 9.78 Å². The molecule has 0 spiro atoms. The molecule has 3 nitrogen and oxygen atoms in total. The van der Waals surface area contributed by atoms with E-state index >= 15 is 0 Å². The Kier molecular flexibility index (Phi) is 4.23. The Hall–Kier alpha value is -2.10. The number of benzene rings is 1. The molecule has 0 aliphatic carbocycles. The van der Waals surface area contributed by atoms with Crippen LogP contribution in [-0.2, 0) is 6.42 Å². The van der Waals surface area contributed by atoms with E-state index in [1.54, 1.807) is 18.3 Å². The van der Waals surface area contributed by atoms with Crippen LogP contribution >= 0.6 is 0 Å². The van der Waals surface area contributed by atoms with Crippen molar-refractivity contribution in [1.29, 1.82) is 0 Å². The smallest absolute Gasteiger partial charge is 0.187 e. The van der Waals surface area contributed by atoms with E-state index in [9.17, 15) is 9.18 Å². The highest BCUT2D eigenvalue weighted by Crippen LogP contribution is 2.20. The molecule has 1 heterocycles. The van der Waals surface area contributed by atoms with Crippen LogP contribution < -0.4 is 0 Å². The van der Waals surface area contributed by atoms with E-state index in [-0.39, 0.29) is 23.9 Å². The van der Waals surface area contributed by atoms with Crippen molar-refractivity contribution in [3.05, 3.63) is 58.9 Å². The quantitative estimate of drug-likeness (QED) is 0.800. The highest BCUT2D eigenvalue weighted by atomic mass is 19.1. The van der Waals surface area contributed by atoms with Crippen molar-refractivity contribution in [2.75, 3.05) is 0 Å². The van der Waals surface area contributed by atoms with Crippen LogP contribution in [0.2, 0.25) is 0 Å². The molecule has 2 rings (SSSR count). The first-order valence-electron chi connectivity index (χ1n) is 6.57. The molecule has 4 heteroatoms. The van der Waals surface area contributed by atoms with E-state index in [0.29, 0.717) is 11.3 Å². The number of hydrogen-bond acceptors (Lipinski definition) is 3. The highest BCUT2D eigenvalue weighted by Gasteiger charge is 2.12. The molecule has 0 radical (unpaired) electrons. The Morgan fingerprint density at radius 1 is 1.25 bits per heavy atom. The van der Waals surface area contributed by atoms with Gasteiger partial charge in [0.05, 0.1) is 11.9 Å². The van der Waals surface area contributed by atoms with Gasteiger partial charge < -0.3 is 0 Å². The van der Waals surface area contributed by atoms with Crippen LogP contribution in [0.1, 0.15) is 47.1 Å². The van der Waals surface area contributed by atoms with Crippen LogP contribution in [0.4, 0.5) is 4.39 Å². The second-order valence-corrected chi connectivity index (χ2v) is 5.15. The fraction of sp³-hybridized carbons (Fsp3) is 0.312. The maximum absolute atomic E-state index is 13.6. The first-order valence-corrected chi connectivity index (χ1v) is 6.57. The summed E-state index contributed by atoms with van der Waals surface area (Å²) in [6, 6.07) is 4.80. The summed E-state index contributed by atoms with van der Waals surface area (Å²) >= 11 is 0. The van der Waals surface area contributed by atoms with E-state index in [4.69, 9.17) is 0 Å². The normalized spacial score (nSPS) is 10.8. The van der Waals surface area contributed by atoms with Gasteiger partial charge in [-0.1, -0.05) is 26.0 Å². The lowest BCUT2D eigenvalue weighted by Gasteiger charge is -2.09. The molecular weight excluding hydrogens is 255 g/mol. The summed E-state index contributed by atoms with van der Waals surface area (Å²) in [4.78, 5) is 20.2. The average Bonchev–Trinajstić information content (AvgIpc) is 2.41. The number of carbonyl (C=O) groups is 1. The van der Waals surface area contributed by atoms with Crippen molar-refractivity contribution >= 4 is 5.78 Å². The van der Waals surface area contributed by atoms with Crippen molar-refractivity contribution in [2.45, 2.75) is 33.1 Å². The van der Waals surface area contributed by atoms with Crippen molar-refractivity contribution in [3.8, 4) is 0 Å². The second-order valence-electron chi connectivity index (χ2n) is 5.15. The molecule has 2 aromatic rings. The zero-order valence-corrected chi connectivity index (χ0v) is 11.9. The fourth-order valence-electron chi connectivity index (χ4n) is 1.96. The average molecular weight is 272 g/mol. The summed E-state index contributed by atoms with van der Waals surface area (Å²) < 4.78 is 13.6. The first-order chi connectivity index (χ1) is 9.47. The Morgan fingerprint density at radius 3 is 2.60 bits per heavy atom. The second kappa shape index (κ2) is 5.90. The molecule has 0 fully saturated rings. The van der Waals surface area contributed by atoms with Crippen LogP contribution in [0.5, 0.6) is 0 Å². The number of hydrogen-bond donors (Lipinski definition) is 0. The summed E-state index contributed by atoms with van der Waals surface area (Å²) in [5.41, 5.74) is 2.53. The molecule has 0 saturated heterocycles. The first kappa shape index (κ1) is 14.3. The summed E-state index contributed by atoms with van der Waals surface area (Å²) in [5, 5.41) is 0. The molecule has 0 atom stereocenters. The van der Waals surface area contributed by atoms with Gasteiger partial charge in [0.15, 0.2) is 5.78 Å². The van der Waals surface area contributed by atoms with E-state index in [1.165, 1.54) is 12.3 Å². The Morgan fingerprint density at radius 2 is 2.00 bits per heavy atom. The minimum atomic E-state index is -0.230. The number of aromatic nitrogens is 2. The van der Waals surface area contributed by atoms with Crippen LogP contribution in [0.25, 0.3) is 0 Å². The maximum Gasteiger partial charge on any atom is 0.187 e. The molecule has 0 aliphatic rings. The van der Waals surface area contributed by atoms with Crippen molar-refractivity contribution in [2.24, 2.45) is 0 Å². The Labute approximate surface area is 117 Å². The van der Waals surface area contributed by atoms with Gasteiger partial charge in [-0.25, -0.2) is 9.37 Å². The van der Waals surface area contributed by atoms with Crippen LogP contribution in [0.3, 0.4) is 0 Å². The number of ketones is 1. The lowest BCUT2D eigenvalue weighted by molar-refractivity contribution is 0.0987. The monoisotopic (exact) mass is 272 g/mol. The van der Waals surface area contributed by atoms with Crippen LogP contribution in [-0.4, -0.2) is 15.8 Å². The van der Waals surface area contributed by atoms with Gasteiger partial charge in [0.25, 0.3) is 0 Å². The van der Waals surface area contributed by atoms with Gasteiger partial charge in [-0.2, -0.15) is 0 Å². The van der Waals surface area contributed by atoms with Gasteiger partial charge in [-0.15, -0.1) is 0 Å². The largest absolute Gasteiger partial charge is 0.292 e. The SMILES string of the molecule is Cc1cnc(C(=O)Cc2ccc(F)c(C(C)C)c2)cn1. The predicted molar refractivity (Wildman–Crippen MR) is 75.3 cm³/mol. The van der Waals surface area contributed by atoms with E-state index in [2.05, 4.69) is 9.97 Å². The number of carbonyl (C=O) groups excluding carboxylic acids is 1. The summed E-state index contributed by atoms with van der Waals surface area (Å²) in [5.74, 6) is -0.255. The molecule has 0 unspecified atom stereocenters. The van der Waals surface area contributed by atoms with Crippen LogP contribution in [0, 0.1) is 12.7 Å². The minimum Gasteiger partial charge on any atom is -0.292 e. The summed E-state index contributed by atoms with van der Waals surface area (Å²) in [6.07, 6.45) is 3.25. The molecule has 0 amide bonds. The third-order valence-electron chi connectivity index (χ3n) is 3.11. The van der Waals surface area contributed by atoms with Crippen molar-refractivity contribution in [3.63, 3.8) is 0 Å². The molecule has 1 aromatic carbocycles. The zero-order chi connectivity index (χ0) is 14.7. The molecule has 0 aliphatic heterocycles. The fourth-order valence-corrected chi connectivity index (χ4v) is 1.96. The molecule has 104 valence electrons. The van der Waals surface area contributed by atoms with E-state index in [0.717, 1.165) is 11.3 Å². The lowest BCUT2D eigenvalue weighted by Crippen LogP contribution is -2.07. The number of aryl methyl sites for hydroxylation is 1. The van der Waals surface area contributed by atoms with Crippen molar-refractivity contribution < 1.29 is 9.18 Å². The number of nitrogens with zero attached hydrogens (tertiary/aromatic N) is 2. The number of Topliss-reactive ketones (excluding diaryl/α,β-unsaturated/α-hetero) is 1. The highest BCUT2D eigenvalue weighted by molar-refractivity contribution is 5.95. The predicted octanol–water partition coefficient (Wildman–Crippen LogP) is 3.47. The third kappa shape index (κ3) is 3.26. The van der Waals surface area contributed by atoms with Crippen LogP contribution in [0.15, 0.2) is 30.6 Å². The zero-order valence-electron chi connectivity index (χ0n) is 11.9. The van der Waals surface area contributed by atoms with Gasteiger partial charge >= 0.3 is 0 Å². The standard InChI is InChI=1S/C16H17FN2O/c1-10(2)13-6-12(4-5-14(13)17)7-16(20)15-9-18-11(3)8-19-15/h4-6,8-10H,7H2,1-3H3. The van der Waals surface area contributed by atoms with Gasteiger partial charge in [-0.05, 0) is 30.0 Å².